The van der Waals surface area contributed by atoms with Crippen molar-refractivity contribution in [3.8, 4) is 0 Å². The van der Waals surface area contributed by atoms with Gasteiger partial charge in [0.15, 0.2) is 0 Å². The molecule has 1 aromatic rings. The second kappa shape index (κ2) is 5.44. The lowest BCUT2D eigenvalue weighted by molar-refractivity contribution is -0.141. The van der Waals surface area contributed by atoms with Crippen LogP contribution in [0.25, 0.3) is 0 Å². The number of aliphatic hydroxyl groups is 1. The fraction of sp³-hybridized carbons (Fsp3) is 0.538. The number of nitrogens with zero attached hydrogens (tertiary/aromatic N) is 2. The van der Waals surface area contributed by atoms with Crippen molar-refractivity contribution < 1.29 is 19.8 Å². The van der Waals surface area contributed by atoms with E-state index in [1.807, 2.05) is 11.5 Å². The maximum atomic E-state index is 12.4. The standard InChI is InChI=1S/C13H18N2O4/c1-2-5-14-6-3-4-10(14)12(17)15-8-9(16)7-11(15)13(18)19/h3-4,6,9,11,16H,2,5,7-8H2,1H3,(H,18,19)/t9-,11-/m1/s1. The van der Waals surface area contributed by atoms with Crippen LogP contribution in [0.4, 0.5) is 0 Å². The van der Waals surface area contributed by atoms with Crippen LogP contribution in [0, 0.1) is 0 Å². The number of aryl methyl sites for hydroxylation is 1. The molecule has 0 aromatic carbocycles. The van der Waals surface area contributed by atoms with Gasteiger partial charge >= 0.3 is 5.97 Å². The Kier molecular flexibility index (Phi) is 3.90. The van der Waals surface area contributed by atoms with Gasteiger partial charge in [-0.25, -0.2) is 4.79 Å². The summed E-state index contributed by atoms with van der Waals surface area (Å²) in [6, 6.07) is 2.51. The summed E-state index contributed by atoms with van der Waals surface area (Å²) < 4.78 is 1.81. The van der Waals surface area contributed by atoms with Gasteiger partial charge in [0.05, 0.1) is 6.10 Å². The number of hydrogen-bond acceptors (Lipinski definition) is 3. The summed E-state index contributed by atoms with van der Waals surface area (Å²) in [5.74, 6) is -1.40. The molecule has 1 saturated heterocycles. The maximum Gasteiger partial charge on any atom is 0.326 e. The van der Waals surface area contributed by atoms with Crippen LogP contribution < -0.4 is 0 Å². The first-order valence-electron chi connectivity index (χ1n) is 6.41. The zero-order chi connectivity index (χ0) is 14.0. The molecule has 2 rings (SSSR count). The lowest BCUT2D eigenvalue weighted by Crippen LogP contribution is -2.41. The second-order valence-corrected chi connectivity index (χ2v) is 4.79. The van der Waals surface area contributed by atoms with Gasteiger partial charge in [0.2, 0.25) is 0 Å². The van der Waals surface area contributed by atoms with Gasteiger partial charge in [-0.15, -0.1) is 0 Å². The summed E-state index contributed by atoms with van der Waals surface area (Å²) in [4.78, 5) is 24.8. The van der Waals surface area contributed by atoms with E-state index in [0.717, 1.165) is 6.42 Å². The summed E-state index contributed by atoms with van der Waals surface area (Å²) >= 11 is 0. The molecular formula is C13H18N2O4. The summed E-state index contributed by atoms with van der Waals surface area (Å²) in [5, 5.41) is 18.7. The van der Waals surface area contributed by atoms with Crippen LogP contribution in [0.3, 0.4) is 0 Å². The predicted molar refractivity (Wildman–Crippen MR) is 67.8 cm³/mol. The lowest BCUT2D eigenvalue weighted by Gasteiger charge is -2.21. The summed E-state index contributed by atoms with van der Waals surface area (Å²) in [7, 11) is 0. The number of aliphatic carboxylic acids is 1. The Bertz CT molecular complexity index is 483. The van der Waals surface area contributed by atoms with Crippen molar-refractivity contribution in [1.29, 1.82) is 0 Å². The van der Waals surface area contributed by atoms with Crippen molar-refractivity contribution >= 4 is 11.9 Å². The number of aromatic nitrogens is 1. The lowest BCUT2D eigenvalue weighted by atomic mass is 10.2. The Labute approximate surface area is 111 Å². The first-order valence-corrected chi connectivity index (χ1v) is 6.41. The highest BCUT2D eigenvalue weighted by Gasteiger charge is 2.39. The number of amides is 1. The fourth-order valence-corrected chi connectivity index (χ4v) is 2.46. The first kappa shape index (κ1) is 13.6. The van der Waals surface area contributed by atoms with E-state index >= 15 is 0 Å². The van der Waals surface area contributed by atoms with Gasteiger partial charge < -0.3 is 19.7 Å². The molecule has 1 aliphatic rings. The van der Waals surface area contributed by atoms with Crippen molar-refractivity contribution in [2.75, 3.05) is 6.54 Å². The third-order valence-corrected chi connectivity index (χ3v) is 3.34. The zero-order valence-electron chi connectivity index (χ0n) is 10.8. The first-order chi connectivity index (χ1) is 9.04. The largest absolute Gasteiger partial charge is 0.480 e. The minimum Gasteiger partial charge on any atom is -0.480 e. The molecule has 1 aliphatic heterocycles. The van der Waals surface area contributed by atoms with Gasteiger partial charge in [-0.2, -0.15) is 0 Å². The molecule has 19 heavy (non-hydrogen) atoms. The number of carboxylic acid groups (broad SMARTS) is 1. The van der Waals surface area contributed by atoms with Crippen molar-refractivity contribution in [3.63, 3.8) is 0 Å². The molecule has 0 unspecified atom stereocenters. The van der Waals surface area contributed by atoms with Gasteiger partial charge in [0.25, 0.3) is 5.91 Å². The minimum absolute atomic E-state index is 0.0765. The van der Waals surface area contributed by atoms with E-state index < -0.39 is 18.1 Å². The Morgan fingerprint density at radius 2 is 2.21 bits per heavy atom. The molecule has 6 nitrogen and oxygen atoms in total. The van der Waals surface area contributed by atoms with Crippen molar-refractivity contribution in [3.05, 3.63) is 24.0 Å². The molecular weight excluding hydrogens is 248 g/mol. The van der Waals surface area contributed by atoms with Crippen LogP contribution in [-0.2, 0) is 11.3 Å². The number of aliphatic hydroxyl groups excluding tert-OH is 1. The molecule has 0 radical (unpaired) electrons. The van der Waals surface area contributed by atoms with E-state index in [4.69, 9.17) is 5.11 Å². The molecule has 1 fully saturated rings. The van der Waals surface area contributed by atoms with E-state index in [0.29, 0.717) is 12.2 Å². The van der Waals surface area contributed by atoms with E-state index in [1.165, 1.54) is 4.90 Å². The predicted octanol–water partition coefficient (Wildman–Crippen LogP) is 0.558. The quantitative estimate of drug-likeness (QED) is 0.834. The fourth-order valence-electron chi connectivity index (χ4n) is 2.46. The van der Waals surface area contributed by atoms with Crippen molar-refractivity contribution in [2.45, 2.75) is 38.5 Å². The molecule has 0 saturated carbocycles. The molecule has 0 spiro atoms. The molecule has 104 valence electrons. The monoisotopic (exact) mass is 266 g/mol. The molecule has 1 amide bonds. The summed E-state index contributed by atoms with van der Waals surface area (Å²) in [6.45, 7) is 2.79. The van der Waals surface area contributed by atoms with Crippen LogP contribution in [-0.4, -0.2) is 50.2 Å². The summed E-state index contributed by atoms with van der Waals surface area (Å²) in [5.41, 5.74) is 0.474. The van der Waals surface area contributed by atoms with Crippen molar-refractivity contribution in [1.82, 2.24) is 9.47 Å². The molecule has 1 aromatic heterocycles. The van der Waals surface area contributed by atoms with Gasteiger partial charge in [0.1, 0.15) is 11.7 Å². The van der Waals surface area contributed by atoms with E-state index in [2.05, 4.69) is 0 Å². The Morgan fingerprint density at radius 1 is 1.47 bits per heavy atom. The van der Waals surface area contributed by atoms with Gasteiger partial charge in [-0.3, -0.25) is 4.79 Å². The van der Waals surface area contributed by atoms with Gasteiger partial charge in [0, 0.05) is 25.7 Å². The summed E-state index contributed by atoms with van der Waals surface area (Å²) in [6.07, 6.45) is 2.02. The van der Waals surface area contributed by atoms with Crippen LogP contribution in [0.5, 0.6) is 0 Å². The molecule has 2 N–H and O–H groups in total. The Morgan fingerprint density at radius 3 is 2.84 bits per heavy atom. The molecule has 0 bridgehead atoms. The van der Waals surface area contributed by atoms with Gasteiger partial charge in [-0.1, -0.05) is 6.92 Å². The van der Waals surface area contributed by atoms with Crippen LogP contribution in [0.2, 0.25) is 0 Å². The van der Waals surface area contributed by atoms with Crippen LogP contribution in [0.1, 0.15) is 30.3 Å². The number of likely N-dealkylation sites (tertiary alicyclic amines) is 1. The highest BCUT2D eigenvalue weighted by molar-refractivity contribution is 5.95. The van der Waals surface area contributed by atoms with E-state index in [1.54, 1.807) is 18.3 Å². The SMILES string of the molecule is CCCn1cccc1C(=O)N1C[C@H](O)C[C@@H]1C(=O)O. The smallest absolute Gasteiger partial charge is 0.326 e. The number of carboxylic acids is 1. The van der Waals surface area contributed by atoms with Gasteiger partial charge in [-0.05, 0) is 18.6 Å². The number of carbonyl (C=O) groups is 2. The van der Waals surface area contributed by atoms with Crippen LogP contribution >= 0.6 is 0 Å². The number of hydrogen-bond donors (Lipinski definition) is 2. The third kappa shape index (κ3) is 2.63. The highest BCUT2D eigenvalue weighted by atomic mass is 16.4. The third-order valence-electron chi connectivity index (χ3n) is 3.34. The maximum absolute atomic E-state index is 12.4. The average molecular weight is 266 g/mol. The minimum atomic E-state index is -1.07. The van der Waals surface area contributed by atoms with Crippen molar-refractivity contribution in [2.24, 2.45) is 0 Å². The second-order valence-electron chi connectivity index (χ2n) is 4.79. The molecule has 0 aliphatic carbocycles. The number of carbonyl (C=O) groups excluding carboxylic acids is 1. The normalized spacial score (nSPS) is 22.7. The molecule has 2 heterocycles. The van der Waals surface area contributed by atoms with E-state index in [-0.39, 0.29) is 18.9 Å². The highest BCUT2D eigenvalue weighted by Crippen LogP contribution is 2.21. The van der Waals surface area contributed by atoms with E-state index in [9.17, 15) is 14.7 Å². The molecule has 6 heteroatoms. The Hall–Kier alpha value is -1.82. The topological polar surface area (TPSA) is 82.8 Å². The average Bonchev–Trinajstić information content (AvgIpc) is 2.95. The zero-order valence-corrected chi connectivity index (χ0v) is 10.8. The number of rotatable bonds is 4. The molecule has 2 atom stereocenters. The Balaban J connectivity index is 2.22. The van der Waals surface area contributed by atoms with Crippen LogP contribution in [0.15, 0.2) is 18.3 Å². The number of β-amino-alcohol motifs (C(OH)–C–C–N with tert-alkyl or cyclic N) is 1.